The molecule has 0 rings (SSSR count). The third-order valence-corrected chi connectivity index (χ3v) is 12.9. The average molecular weight is 1010 g/mol. The van der Waals surface area contributed by atoms with Crippen LogP contribution in [0, 0.1) is 0 Å². The number of aliphatic hydroxyl groups excluding tert-OH is 1. The van der Waals surface area contributed by atoms with Gasteiger partial charge in [0.1, 0.15) is 12.7 Å². The van der Waals surface area contributed by atoms with Gasteiger partial charge in [0.05, 0.1) is 19.8 Å². The van der Waals surface area contributed by atoms with Crippen molar-refractivity contribution in [1.82, 2.24) is 0 Å². The van der Waals surface area contributed by atoms with E-state index in [1.165, 1.54) is 116 Å². The van der Waals surface area contributed by atoms with Gasteiger partial charge in [-0.3, -0.25) is 23.4 Å². The van der Waals surface area contributed by atoms with E-state index in [1.807, 2.05) is 6.08 Å². The van der Waals surface area contributed by atoms with Crippen molar-refractivity contribution in [3.63, 3.8) is 0 Å². The first-order chi connectivity index (χ1) is 34.2. The Bertz CT molecular complexity index is 1410. The molecule has 0 heterocycles. The van der Waals surface area contributed by atoms with E-state index >= 15 is 0 Å². The minimum atomic E-state index is -4.75. The fourth-order valence-electron chi connectivity index (χ4n) is 7.69. The van der Waals surface area contributed by atoms with E-state index in [2.05, 4.69) is 75.5 Å². The van der Waals surface area contributed by atoms with E-state index in [0.717, 1.165) is 70.6 Å². The quantitative estimate of drug-likeness (QED) is 0.0197. The van der Waals surface area contributed by atoms with Gasteiger partial charge in [-0.1, -0.05) is 236 Å². The molecule has 0 aliphatic heterocycles. The van der Waals surface area contributed by atoms with Gasteiger partial charge in [0, 0.05) is 19.3 Å². The van der Waals surface area contributed by atoms with Crippen molar-refractivity contribution in [2.24, 2.45) is 0 Å². The molecule has 3 unspecified atom stereocenters. The van der Waals surface area contributed by atoms with Gasteiger partial charge < -0.3 is 24.2 Å². The van der Waals surface area contributed by atoms with Crippen LogP contribution in [0.1, 0.15) is 252 Å². The molecular formula is C58H103O11P. The second-order valence-electron chi connectivity index (χ2n) is 18.7. The van der Waals surface area contributed by atoms with Crippen LogP contribution in [0.2, 0.25) is 0 Å². The maximum Gasteiger partial charge on any atom is 0.472 e. The summed E-state index contributed by atoms with van der Waals surface area (Å²) in [6.45, 7) is 4.48. The molecule has 406 valence electrons. The lowest BCUT2D eigenvalue weighted by molar-refractivity contribution is -0.161. The molecule has 0 saturated carbocycles. The zero-order valence-electron chi connectivity index (χ0n) is 44.7. The number of hydrogen-bond donors (Lipinski definition) is 2. The number of hydrogen-bond acceptors (Lipinski definition) is 10. The lowest BCUT2D eigenvalue weighted by atomic mass is 10.0. The van der Waals surface area contributed by atoms with Crippen molar-refractivity contribution in [2.45, 2.75) is 264 Å². The molecule has 0 aliphatic rings. The van der Waals surface area contributed by atoms with Crippen LogP contribution in [0.15, 0.2) is 60.8 Å². The first-order valence-corrected chi connectivity index (χ1v) is 29.7. The van der Waals surface area contributed by atoms with Gasteiger partial charge in [-0.25, -0.2) is 4.57 Å². The first kappa shape index (κ1) is 67.2. The number of aliphatic hydroxyl groups is 1. The lowest BCUT2D eigenvalue weighted by Crippen LogP contribution is -2.30. The van der Waals surface area contributed by atoms with E-state index in [4.69, 9.17) is 23.3 Å². The average Bonchev–Trinajstić information content (AvgIpc) is 3.35. The summed E-state index contributed by atoms with van der Waals surface area (Å²) in [5.74, 6) is -1.52. The van der Waals surface area contributed by atoms with Crippen LogP contribution in [-0.4, -0.2) is 66.5 Å². The molecule has 0 aromatic rings. The number of phosphoric acid groups is 1. The van der Waals surface area contributed by atoms with Crippen LogP contribution >= 0.6 is 7.82 Å². The molecule has 12 heteroatoms. The summed E-state index contributed by atoms with van der Waals surface area (Å²) in [5.41, 5.74) is 0. The maximum atomic E-state index is 12.9. The largest absolute Gasteiger partial charge is 0.472 e. The van der Waals surface area contributed by atoms with Gasteiger partial charge >= 0.3 is 25.7 Å². The molecule has 0 aromatic carbocycles. The van der Waals surface area contributed by atoms with E-state index in [0.29, 0.717) is 25.7 Å². The summed E-state index contributed by atoms with van der Waals surface area (Å²) in [4.78, 5) is 48.4. The Morgan fingerprint density at radius 3 is 1.13 bits per heavy atom. The van der Waals surface area contributed by atoms with Crippen LogP contribution < -0.4 is 0 Å². The summed E-state index contributed by atoms with van der Waals surface area (Å²) in [7, 11) is -4.75. The summed E-state index contributed by atoms with van der Waals surface area (Å²) in [6.07, 6.45) is 56.1. The SMILES string of the molecule is CC/C=C\C/C=C\C/C=C\C/C=C\C/C=C\CCCC(=O)OCC(COP(=O)(O)OCC(CO)OC(=O)CCCCCCCCCCCCCCC)OC(=O)CCCCCCCCCCCCCCC. The zero-order valence-corrected chi connectivity index (χ0v) is 45.6. The molecule has 0 spiro atoms. The van der Waals surface area contributed by atoms with E-state index in [9.17, 15) is 28.9 Å². The highest BCUT2D eigenvalue weighted by molar-refractivity contribution is 7.47. The Morgan fingerprint density at radius 2 is 0.743 bits per heavy atom. The van der Waals surface area contributed by atoms with Crippen molar-refractivity contribution in [1.29, 1.82) is 0 Å². The summed E-state index contributed by atoms with van der Waals surface area (Å²) in [6, 6.07) is 0. The van der Waals surface area contributed by atoms with E-state index in [-0.39, 0.29) is 25.9 Å². The topological polar surface area (TPSA) is 155 Å². The minimum absolute atomic E-state index is 0.150. The second kappa shape index (κ2) is 52.5. The third kappa shape index (κ3) is 50.1. The van der Waals surface area contributed by atoms with Gasteiger partial charge in [0.15, 0.2) is 6.10 Å². The zero-order chi connectivity index (χ0) is 51.3. The van der Waals surface area contributed by atoms with Gasteiger partial charge in [-0.15, -0.1) is 0 Å². The molecule has 0 aliphatic carbocycles. The number of carbonyl (C=O) groups excluding carboxylic acids is 3. The van der Waals surface area contributed by atoms with E-state index in [1.54, 1.807) is 0 Å². The van der Waals surface area contributed by atoms with Crippen LogP contribution in [0.4, 0.5) is 0 Å². The standard InChI is InChI=1S/C58H103O11P/c1-4-7-10-13-16-19-22-25-26-27-28-31-32-35-38-41-44-47-56(60)65-51-55(69-58(62)49-46-43-40-37-34-30-24-21-18-15-12-9-6-3)53-67-70(63,64)66-52-54(50-59)68-57(61)48-45-42-39-36-33-29-23-20-17-14-11-8-5-2/h7,10,16,19,25-26,28,31,35,38,54-55,59H,4-6,8-9,11-15,17-18,20-24,27,29-30,32-34,36-37,39-53H2,1-3H3,(H,63,64)/b10-7-,19-16-,26-25-,31-28-,38-35-. The highest BCUT2D eigenvalue weighted by Crippen LogP contribution is 2.43. The van der Waals surface area contributed by atoms with Crippen LogP contribution in [0.25, 0.3) is 0 Å². The normalized spacial score (nSPS) is 13.8. The second-order valence-corrected chi connectivity index (χ2v) is 20.2. The molecule has 0 bridgehead atoms. The Morgan fingerprint density at radius 1 is 0.414 bits per heavy atom. The fourth-order valence-corrected chi connectivity index (χ4v) is 8.47. The number of allylic oxidation sites excluding steroid dienone is 10. The van der Waals surface area contributed by atoms with Gasteiger partial charge in [-0.05, 0) is 57.8 Å². The highest BCUT2D eigenvalue weighted by atomic mass is 31.2. The predicted molar refractivity (Wildman–Crippen MR) is 288 cm³/mol. The molecule has 2 N–H and O–H groups in total. The minimum Gasteiger partial charge on any atom is -0.462 e. The van der Waals surface area contributed by atoms with Crippen molar-refractivity contribution < 1.29 is 52.2 Å². The molecule has 0 fully saturated rings. The molecular weight excluding hydrogens is 904 g/mol. The molecule has 11 nitrogen and oxygen atoms in total. The Labute approximate surface area is 427 Å². The summed E-state index contributed by atoms with van der Waals surface area (Å²) < 4.78 is 39.4. The number of ether oxygens (including phenoxy) is 3. The van der Waals surface area contributed by atoms with Crippen molar-refractivity contribution in [3.8, 4) is 0 Å². The van der Waals surface area contributed by atoms with Crippen molar-refractivity contribution in [2.75, 3.05) is 26.4 Å². The van der Waals surface area contributed by atoms with Crippen molar-refractivity contribution in [3.05, 3.63) is 60.8 Å². The third-order valence-electron chi connectivity index (χ3n) is 12.0. The molecule has 0 radical (unpaired) electrons. The van der Waals surface area contributed by atoms with Crippen LogP contribution in [0.3, 0.4) is 0 Å². The van der Waals surface area contributed by atoms with Crippen LogP contribution in [0.5, 0.6) is 0 Å². The molecule has 0 saturated heterocycles. The molecule has 3 atom stereocenters. The van der Waals surface area contributed by atoms with E-state index < -0.39 is 57.8 Å². The first-order valence-electron chi connectivity index (χ1n) is 28.2. The number of rotatable bonds is 52. The van der Waals surface area contributed by atoms with Crippen molar-refractivity contribution >= 4 is 25.7 Å². The predicted octanol–water partition coefficient (Wildman–Crippen LogP) is 16.4. The fraction of sp³-hybridized carbons (Fsp3) is 0.776. The smallest absolute Gasteiger partial charge is 0.462 e. The number of carbonyl (C=O) groups is 3. The number of esters is 3. The lowest BCUT2D eigenvalue weighted by Gasteiger charge is -2.21. The summed E-state index contributed by atoms with van der Waals surface area (Å²) in [5, 5.41) is 9.79. The molecule has 0 amide bonds. The number of unbranched alkanes of at least 4 members (excludes halogenated alkanes) is 25. The maximum absolute atomic E-state index is 12.9. The molecule has 0 aromatic heterocycles. The Hall–Kier alpha value is -2.82. The number of phosphoric ester groups is 1. The Balaban J connectivity index is 4.78. The molecule has 70 heavy (non-hydrogen) atoms. The van der Waals surface area contributed by atoms with Gasteiger partial charge in [0.25, 0.3) is 0 Å². The monoisotopic (exact) mass is 1010 g/mol. The highest BCUT2D eigenvalue weighted by Gasteiger charge is 2.28. The van der Waals surface area contributed by atoms with Crippen LogP contribution in [-0.2, 0) is 42.2 Å². The Kier molecular flexibility index (Phi) is 50.4. The van der Waals surface area contributed by atoms with Gasteiger partial charge in [0.2, 0.25) is 0 Å². The summed E-state index contributed by atoms with van der Waals surface area (Å²) >= 11 is 0. The van der Waals surface area contributed by atoms with Gasteiger partial charge in [-0.2, -0.15) is 0 Å².